The Morgan fingerprint density at radius 1 is 1.00 bits per heavy atom. The summed E-state index contributed by atoms with van der Waals surface area (Å²) in [7, 11) is 0. The molecule has 6 heteroatoms. The molecule has 4 fully saturated rings. The van der Waals surface area contributed by atoms with Gasteiger partial charge in [-0.15, -0.1) is 0 Å². The molecule has 4 bridgehead atoms. The number of pyridine rings is 1. The summed E-state index contributed by atoms with van der Waals surface area (Å²) in [5.74, 6) is 2.38. The number of nitrogens with one attached hydrogen (secondary N) is 2. The van der Waals surface area contributed by atoms with Crippen LogP contribution in [-0.4, -0.2) is 16.0 Å². The van der Waals surface area contributed by atoms with Crippen LogP contribution in [0.4, 0.5) is 11.4 Å². The Hall–Kier alpha value is -2.08. The Morgan fingerprint density at radius 2 is 1.62 bits per heavy atom. The molecule has 4 saturated carbocycles. The Bertz CT molecular complexity index is 964. The van der Waals surface area contributed by atoms with Gasteiger partial charge in [-0.1, -0.05) is 12.1 Å². The molecule has 5 nitrogen and oxygen atoms in total. The van der Waals surface area contributed by atoms with Crippen molar-refractivity contribution in [1.82, 2.24) is 4.57 Å². The van der Waals surface area contributed by atoms with Gasteiger partial charge in [0.25, 0.3) is 5.56 Å². The number of benzene rings is 1. The van der Waals surface area contributed by atoms with Crippen LogP contribution < -0.4 is 16.2 Å². The van der Waals surface area contributed by atoms with Crippen molar-refractivity contribution in [3.8, 4) is 0 Å². The zero-order valence-electron chi connectivity index (χ0n) is 16.4. The van der Waals surface area contributed by atoms with Crippen molar-refractivity contribution in [2.24, 2.45) is 17.8 Å². The lowest BCUT2D eigenvalue weighted by atomic mass is 9.53. The number of para-hydroxylation sites is 2. The zero-order valence-corrected chi connectivity index (χ0v) is 18.0. The Balaban J connectivity index is 1.33. The van der Waals surface area contributed by atoms with E-state index < -0.39 is 0 Å². The van der Waals surface area contributed by atoms with Gasteiger partial charge < -0.3 is 15.2 Å². The van der Waals surface area contributed by atoms with Crippen LogP contribution in [0.5, 0.6) is 0 Å². The first-order valence-electron chi connectivity index (χ1n) is 10.5. The smallest absolute Gasteiger partial charge is 0.251 e. The number of aromatic nitrogens is 1. The van der Waals surface area contributed by atoms with E-state index in [1.165, 1.54) is 49.2 Å². The maximum absolute atomic E-state index is 12.6. The fourth-order valence-corrected chi connectivity index (χ4v) is 6.60. The second-order valence-corrected chi connectivity index (χ2v) is 10.1. The standard InChI is InChI=1S/C23H26BrN3O2/c24-18-5-6-22(29)27(13-18)14-21(28)25-19-3-1-2-4-20(19)26-23-10-15-7-16(11-23)9-17(8-15)12-23/h1-6,13,15-17,26H,7-12,14H2,(H,25,28). The highest BCUT2D eigenvalue weighted by molar-refractivity contribution is 9.10. The van der Waals surface area contributed by atoms with Crippen LogP contribution in [-0.2, 0) is 11.3 Å². The second kappa shape index (κ2) is 7.31. The largest absolute Gasteiger partial charge is 0.378 e. The minimum atomic E-state index is -0.204. The van der Waals surface area contributed by atoms with E-state index in [1.54, 1.807) is 12.3 Å². The topological polar surface area (TPSA) is 63.1 Å². The second-order valence-electron chi connectivity index (χ2n) is 9.23. The van der Waals surface area contributed by atoms with Crippen molar-refractivity contribution in [3.63, 3.8) is 0 Å². The molecular weight excluding hydrogens is 430 g/mol. The van der Waals surface area contributed by atoms with Crippen LogP contribution in [0.25, 0.3) is 0 Å². The van der Waals surface area contributed by atoms with Crippen LogP contribution in [0.3, 0.4) is 0 Å². The van der Waals surface area contributed by atoms with Crippen molar-refractivity contribution in [1.29, 1.82) is 0 Å². The van der Waals surface area contributed by atoms with Gasteiger partial charge in [-0.05, 0) is 90.4 Å². The van der Waals surface area contributed by atoms with Crippen LogP contribution >= 0.6 is 15.9 Å². The summed E-state index contributed by atoms with van der Waals surface area (Å²) >= 11 is 3.35. The molecular formula is C23H26BrN3O2. The Kier molecular flexibility index (Phi) is 4.77. The summed E-state index contributed by atoms with van der Waals surface area (Å²) in [6.07, 6.45) is 9.59. The average Bonchev–Trinajstić information content (AvgIpc) is 2.65. The third-order valence-electron chi connectivity index (χ3n) is 6.90. The van der Waals surface area contributed by atoms with E-state index in [2.05, 4.69) is 32.6 Å². The highest BCUT2D eigenvalue weighted by Gasteiger charge is 2.51. The molecule has 1 aromatic heterocycles. The number of amides is 1. The van der Waals surface area contributed by atoms with E-state index in [-0.39, 0.29) is 23.6 Å². The monoisotopic (exact) mass is 455 g/mol. The van der Waals surface area contributed by atoms with E-state index in [9.17, 15) is 9.59 Å². The van der Waals surface area contributed by atoms with Crippen LogP contribution in [0.2, 0.25) is 0 Å². The quantitative estimate of drug-likeness (QED) is 0.690. The van der Waals surface area contributed by atoms with Gasteiger partial charge in [-0.3, -0.25) is 9.59 Å². The summed E-state index contributed by atoms with van der Waals surface area (Å²) in [4.78, 5) is 24.6. The molecule has 4 aliphatic rings. The maximum atomic E-state index is 12.6. The first kappa shape index (κ1) is 18.9. The molecule has 0 unspecified atom stereocenters. The molecule has 1 heterocycles. The summed E-state index contributed by atoms with van der Waals surface area (Å²) < 4.78 is 2.18. The molecule has 0 aliphatic heterocycles. The van der Waals surface area contributed by atoms with Gasteiger partial charge in [0.15, 0.2) is 0 Å². The van der Waals surface area contributed by atoms with Gasteiger partial charge in [-0.2, -0.15) is 0 Å². The predicted octanol–water partition coefficient (Wildman–Crippen LogP) is 4.63. The first-order chi connectivity index (χ1) is 14.0. The first-order valence-corrected chi connectivity index (χ1v) is 11.3. The lowest BCUT2D eigenvalue weighted by molar-refractivity contribution is -0.116. The Morgan fingerprint density at radius 3 is 2.28 bits per heavy atom. The minimum absolute atomic E-state index is 0.00995. The fourth-order valence-electron chi connectivity index (χ4n) is 6.22. The summed E-state index contributed by atoms with van der Waals surface area (Å²) in [5, 5.41) is 6.87. The molecule has 2 N–H and O–H groups in total. The fraction of sp³-hybridized carbons (Fsp3) is 0.478. The third-order valence-corrected chi connectivity index (χ3v) is 7.37. The van der Waals surface area contributed by atoms with Gasteiger partial charge in [0, 0.05) is 22.3 Å². The number of hydrogen-bond donors (Lipinski definition) is 2. The highest BCUT2D eigenvalue weighted by atomic mass is 79.9. The van der Waals surface area contributed by atoms with E-state index in [0.29, 0.717) is 0 Å². The van der Waals surface area contributed by atoms with E-state index in [4.69, 9.17) is 0 Å². The SMILES string of the molecule is O=C(Cn1cc(Br)ccc1=O)Nc1ccccc1NC12CC3CC(CC(C3)C1)C2. The number of halogens is 1. The Labute approximate surface area is 179 Å². The molecule has 2 aromatic rings. The molecule has 152 valence electrons. The lowest BCUT2D eigenvalue weighted by Gasteiger charge is -2.57. The maximum Gasteiger partial charge on any atom is 0.251 e. The molecule has 1 amide bonds. The number of carbonyl (C=O) groups is 1. The van der Waals surface area contributed by atoms with Crippen molar-refractivity contribution in [2.45, 2.75) is 50.6 Å². The van der Waals surface area contributed by atoms with E-state index in [0.717, 1.165) is 33.6 Å². The lowest BCUT2D eigenvalue weighted by Crippen LogP contribution is -2.54. The van der Waals surface area contributed by atoms with E-state index >= 15 is 0 Å². The molecule has 0 spiro atoms. The normalized spacial score (nSPS) is 29.6. The van der Waals surface area contributed by atoms with Crippen molar-refractivity contribution in [3.05, 3.63) is 57.4 Å². The molecule has 4 aliphatic carbocycles. The molecule has 6 rings (SSSR count). The van der Waals surface area contributed by atoms with Gasteiger partial charge in [0.05, 0.1) is 11.4 Å². The summed E-state index contributed by atoms with van der Waals surface area (Å²) in [5.41, 5.74) is 1.76. The average molecular weight is 456 g/mol. The summed E-state index contributed by atoms with van der Waals surface area (Å²) in [6.45, 7) is -0.00995. The van der Waals surface area contributed by atoms with E-state index in [1.807, 2.05) is 18.2 Å². The minimum Gasteiger partial charge on any atom is -0.378 e. The molecule has 1 aromatic carbocycles. The summed E-state index contributed by atoms with van der Waals surface area (Å²) in [6, 6.07) is 11.1. The van der Waals surface area contributed by atoms with Crippen molar-refractivity contribution >= 4 is 33.2 Å². The molecule has 0 saturated heterocycles. The highest BCUT2D eigenvalue weighted by Crippen LogP contribution is 2.56. The predicted molar refractivity (Wildman–Crippen MR) is 118 cm³/mol. The third kappa shape index (κ3) is 3.87. The molecule has 29 heavy (non-hydrogen) atoms. The molecule has 0 radical (unpaired) electrons. The van der Waals surface area contributed by atoms with Gasteiger partial charge >= 0.3 is 0 Å². The number of anilines is 2. The van der Waals surface area contributed by atoms with Crippen molar-refractivity contribution < 1.29 is 4.79 Å². The van der Waals surface area contributed by atoms with Crippen LogP contribution in [0, 0.1) is 17.8 Å². The van der Waals surface area contributed by atoms with Gasteiger partial charge in [0.1, 0.15) is 6.54 Å². The van der Waals surface area contributed by atoms with Crippen molar-refractivity contribution in [2.75, 3.05) is 10.6 Å². The number of carbonyl (C=O) groups excluding carboxylic acids is 1. The van der Waals surface area contributed by atoms with Crippen LogP contribution in [0.15, 0.2) is 51.9 Å². The number of hydrogen-bond acceptors (Lipinski definition) is 3. The number of rotatable bonds is 5. The van der Waals surface area contributed by atoms with Gasteiger partial charge in [-0.25, -0.2) is 0 Å². The molecule has 0 atom stereocenters. The number of nitrogens with zero attached hydrogens (tertiary/aromatic N) is 1. The van der Waals surface area contributed by atoms with Gasteiger partial charge in [0.2, 0.25) is 5.91 Å². The van der Waals surface area contributed by atoms with Crippen LogP contribution in [0.1, 0.15) is 38.5 Å². The zero-order chi connectivity index (χ0) is 20.0.